The van der Waals surface area contributed by atoms with Crippen LogP contribution in [0.5, 0.6) is 0 Å². The van der Waals surface area contributed by atoms with E-state index >= 15 is 0 Å². The number of hydrogen-bond acceptors (Lipinski definition) is 2. The van der Waals surface area contributed by atoms with Crippen LogP contribution < -0.4 is 5.73 Å². The van der Waals surface area contributed by atoms with E-state index < -0.39 is 29.8 Å². The molecule has 8 heteroatoms. The van der Waals surface area contributed by atoms with Crippen molar-refractivity contribution in [3.63, 3.8) is 0 Å². The fourth-order valence-corrected chi connectivity index (χ4v) is 0.319. The smallest absolute Gasteiger partial charge is 0.395 e. The fourth-order valence-electron chi connectivity index (χ4n) is 0.319. The number of nitrogens with one attached hydrogen (secondary N) is 1. The Balaban J connectivity index is 4.70. The normalized spacial score (nSPS) is 14.5. The van der Waals surface area contributed by atoms with E-state index in [1.165, 1.54) is 0 Å². The maximum Gasteiger partial charge on any atom is 0.432 e. The molecule has 0 aliphatic carbocycles. The minimum Gasteiger partial charge on any atom is -0.395 e. The molecule has 0 spiro atoms. The number of allylic oxidation sites excluding steroid dienone is 2. The number of alkyl halides is 6. The summed E-state index contributed by atoms with van der Waals surface area (Å²) in [6, 6.07) is 0. The van der Waals surface area contributed by atoms with Crippen LogP contribution in [-0.4, -0.2) is 18.1 Å². The molecule has 0 unspecified atom stereocenters. The first kappa shape index (κ1) is 11.8. The van der Waals surface area contributed by atoms with Crippen molar-refractivity contribution >= 4 is 5.71 Å². The van der Waals surface area contributed by atoms with Crippen LogP contribution in [0.3, 0.4) is 0 Å². The van der Waals surface area contributed by atoms with Crippen LogP contribution >= 0.6 is 0 Å². The minimum atomic E-state index is -5.12. The average Bonchev–Trinajstić information content (AvgIpc) is 1.82. The van der Waals surface area contributed by atoms with Crippen molar-refractivity contribution in [2.24, 2.45) is 5.73 Å². The molecule has 3 N–H and O–H groups in total. The average molecular weight is 206 g/mol. The van der Waals surface area contributed by atoms with Gasteiger partial charge in [0.25, 0.3) is 0 Å². The molecule has 0 radical (unpaired) electrons. The van der Waals surface area contributed by atoms with Crippen LogP contribution in [0.15, 0.2) is 11.8 Å². The van der Waals surface area contributed by atoms with Gasteiger partial charge >= 0.3 is 12.4 Å². The van der Waals surface area contributed by atoms with Gasteiger partial charge in [-0.05, 0) is 6.08 Å². The van der Waals surface area contributed by atoms with Gasteiger partial charge in [-0.15, -0.1) is 0 Å². The van der Waals surface area contributed by atoms with E-state index in [-0.39, 0.29) is 0 Å². The SMILES string of the molecule is N=C(/C=C(\N)C(F)(F)F)C(F)(F)F. The molecule has 0 atom stereocenters. The maximum atomic E-state index is 11.5. The van der Waals surface area contributed by atoms with E-state index in [1.54, 1.807) is 0 Å². The van der Waals surface area contributed by atoms with Crippen molar-refractivity contribution < 1.29 is 26.3 Å². The number of halogens is 6. The predicted octanol–water partition coefficient (Wildman–Crippen LogP) is 1.97. The third-order valence-corrected chi connectivity index (χ3v) is 0.933. The van der Waals surface area contributed by atoms with Gasteiger partial charge in [0.05, 0.1) is 0 Å². The molecule has 0 aromatic carbocycles. The molecule has 2 nitrogen and oxygen atoms in total. The second-order valence-corrected chi connectivity index (χ2v) is 2.01. The van der Waals surface area contributed by atoms with Crippen molar-refractivity contribution in [1.82, 2.24) is 0 Å². The standard InChI is InChI=1S/C5H4F6N2/c6-4(7,8)2(12)1-3(13)5(9,10)11/h1,12H,13H2/b3-1-,12-2?. The zero-order valence-corrected chi connectivity index (χ0v) is 5.92. The van der Waals surface area contributed by atoms with Crippen LogP contribution in [0.25, 0.3) is 0 Å². The van der Waals surface area contributed by atoms with Gasteiger partial charge in [-0.1, -0.05) is 0 Å². The minimum absolute atomic E-state index is 0.472. The van der Waals surface area contributed by atoms with Crippen molar-refractivity contribution in [2.45, 2.75) is 12.4 Å². The molecule has 0 saturated carbocycles. The van der Waals surface area contributed by atoms with E-state index in [9.17, 15) is 26.3 Å². The highest BCUT2D eigenvalue weighted by Gasteiger charge is 2.37. The molecule has 76 valence electrons. The Morgan fingerprint density at radius 1 is 1.00 bits per heavy atom. The molecule has 0 amide bonds. The van der Waals surface area contributed by atoms with E-state index in [1.807, 2.05) is 0 Å². The summed E-state index contributed by atoms with van der Waals surface area (Å²) < 4.78 is 69.1. The first-order valence-corrected chi connectivity index (χ1v) is 2.75. The lowest BCUT2D eigenvalue weighted by Crippen LogP contribution is -2.25. The molecule has 0 rings (SSSR count). The van der Waals surface area contributed by atoms with Crippen molar-refractivity contribution in [1.29, 1.82) is 5.41 Å². The molecule has 13 heavy (non-hydrogen) atoms. The van der Waals surface area contributed by atoms with Crippen LogP contribution in [0.1, 0.15) is 0 Å². The van der Waals surface area contributed by atoms with Crippen LogP contribution in [-0.2, 0) is 0 Å². The van der Waals surface area contributed by atoms with Crippen LogP contribution in [0, 0.1) is 5.41 Å². The van der Waals surface area contributed by atoms with Crippen molar-refractivity contribution in [3.05, 3.63) is 11.8 Å². The number of hydrogen-bond donors (Lipinski definition) is 2. The summed E-state index contributed by atoms with van der Waals surface area (Å²) >= 11 is 0. The topological polar surface area (TPSA) is 49.9 Å². The maximum absolute atomic E-state index is 11.5. The highest BCUT2D eigenvalue weighted by molar-refractivity contribution is 5.97. The zero-order valence-electron chi connectivity index (χ0n) is 5.92. The lowest BCUT2D eigenvalue weighted by Gasteiger charge is -2.08. The summed E-state index contributed by atoms with van der Waals surface area (Å²) in [5, 5.41) is 6.17. The molecule has 0 aromatic rings. The molecule has 0 aliphatic rings. The first-order chi connectivity index (χ1) is 5.55. The largest absolute Gasteiger partial charge is 0.432 e. The van der Waals surface area contributed by atoms with Gasteiger partial charge in [0, 0.05) is 0 Å². The molecule has 0 heterocycles. The van der Waals surface area contributed by atoms with Gasteiger partial charge in [0.15, 0.2) is 0 Å². The monoisotopic (exact) mass is 206 g/mol. The van der Waals surface area contributed by atoms with Gasteiger partial charge in [-0.25, -0.2) is 0 Å². The summed E-state index contributed by atoms with van der Waals surface area (Å²) in [6.45, 7) is 0. The Kier molecular flexibility index (Phi) is 2.96. The Hall–Kier alpha value is -1.21. The number of rotatable bonds is 1. The second kappa shape index (κ2) is 3.27. The lowest BCUT2D eigenvalue weighted by atomic mass is 10.3. The summed E-state index contributed by atoms with van der Waals surface area (Å²) in [6.07, 6.45) is -10.6. The Labute approximate surface area is 68.5 Å². The van der Waals surface area contributed by atoms with E-state index in [0.29, 0.717) is 0 Å². The van der Waals surface area contributed by atoms with Gasteiger partial charge in [-0.3, -0.25) is 5.41 Å². The molecule has 0 saturated heterocycles. The zero-order chi connectivity index (χ0) is 10.9. The third kappa shape index (κ3) is 3.81. The summed E-state index contributed by atoms with van der Waals surface area (Å²) in [7, 11) is 0. The van der Waals surface area contributed by atoms with Crippen molar-refractivity contribution in [2.75, 3.05) is 0 Å². The third-order valence-electron chi connectivity index (χ3n) is 0.933. The Morgan fingerprint density at radius 2 is 1.38 bits per heavy atom. The van der Waals surface area contributed by atoms with Crippen LogP contribution in [0.2, 0.25) is 0 Å². The highest BCUT2D eigenvalue weighted by Crippen LogP contribution is 2.24. The highest BCUT2D eigenvalue weighted by atomic mass is 19.4. The Morgan fingerprint density at radius 3 is 1.62 bits per heavy atom. The van der Waals surface area contributed by atoms with Crippen molar-refractivity contribution in [3.8, 4) is 0 Å². The van der Waals surface area contributed by atoms with Crippen LogP contribution in [0.4, 0.5) is 26.3 Å². The van der Waals surface area contributed by atoms with E-state index in [0.717, 1.165) is 0 Å². The first-order valence-electron chi connectivity index (χ1n) is 2.75. The summed E-state index contributed by atoms with van der Waals surface area (Å²) in [5.74, 6) is 0. The molecule has 0 fully saturated rings. The van der Waals surface area contributed by atoms with Gasteiger partial charge in [0.1, 0.15) is 11.4 Å². The van der Waals surface area contributed by atoms with E-state index in [2.05, 4.69) is 5.73 Å². The predicted molar refractivity (Wildman–Crippen MR) is 32.1 cm³/mol. The second-order valence-electron chi connectivity index (χ2n) is 2.01. The fraction of sp³-hybridized carbons (Fsp3) is 0.400. The van der Waals surface area contributed by atoms with Gasteiger partial charge in [-0.2, -0.15) is 26.3 Å². The molecular weight excluding hydrogens is 202 g/mol. The quantitative estimate of drug-likeness (QED) is 0.500. The van der Waals surface area contributed by atoms with Gasteiger partial charge in [0.2, 0.25) is 0 Å². The lowest BCUT2D eigenvalue weighted by molar-refractivity contribution is -0.0928. The number of nitrogens with two attached hydrogens (primary N) is 1. The molecular formula is C5H4F6N2. The summed E-state index contributed by atoms with van der Waals surface area (Å²) in [5.41, 5.74) is 0.158. The molecule has 0 aliphatic heterocycles. The molecule has 0 aromatic heterocycles. The van der Waals surface area contributed by atoms with Gasteiger partial charge < -0.3 is 5.73 Å². The van der Waals surface area contributed by atoms with E-state index in [4.69, 9.17) is 5.41 Å². The molecule has 0 bridgehead atoms. The summed E-state index contributed by atoms with van der Waals surface area (Å²) in [4.78, 5) is 0. The Bertz CT molecular complexity index is 234.